The predicted octanol–water partition coefficient (Wildman–Crippen LogP) is 7.30. The van der Waals surface area contributed by atoms with Crippen LogP contribution in [0.25, 0.3) is 0 Å². The molecule has 3 saturated carbocycles. The highest BCUT2D eigenvalue weighted by atomic mass is 16.5. The molecule has 4 aliphatic rings. The molecular weight excluding hydrogens is 458 g/mol. The fraction of sp³-hybridized carbons (Fsp3) is 0.909. The smallest absolute Gasteiger partial charge is 0.207 e. The van der Waals surface area contributed by atoms with E-state index in [2.05, 4.69) is 52.9 Å². The third-order valence-corrected chi connectivity index (χ3v) is 13.0. The number of carbonyl (C=O) groups is 1. The molecule has 2 N–H and O–H groups in total. The molecule has 0 saturated heterocycles. The first-order valence-corrected chi connectivity index (χ1v) is 15.4. The van der Waals surface area contributed by atoms with Crippen LogP contribution in [0.4, 0.5) is 0 Å². The zero-order valence-electron chi connectivity index (χ0n) is 25.3. The molecule has 3 fully saturated rings. The van der Waals surface area contributed by atoms with Gasteiger partial charge >= 0.3 is 0 Å². The summed E-state index contributed by atoms with van der Waals surface area (Å²) >= 11 is 0. The van der Waals surface area contributed by atoms with Gasteiger partial charge in [0.15, 0.2) is 0 Å². The van der Waals surface area contributed by atoms with Crippen LogP contribution >= 0.6 is 0 Å². The van der Waals surface area contributed by atoms with Crippen molar-refractivity contribution in [2.24, 2.45) is 44.8 Å². The van der Waals surface area contributed by atoms with Crippen molar-refractivity contribution in [3.63, 3.8) is 0 Å². The van der Waals surface area contributed by atoms with E-state index in [9.17, 15) is 9.90 Å². The Hall–Kier alpha value is -0.870. The molecule has 1 amide bonds. The molecule has 0 aromatic heterocycles. The number of fused-ring (bicyclic) bond motifs is 5. The molecular formula is C33H57NO3. The summed E-state index contributed by atoms with van der Waals surface area (Å²) in [5.41, 5.74) is 3.21. The van der Waals surface area contributed by atoms with Crippen LogP contribution in [0, 0.1) is 44.8 Å². The van der Waals surface area contributed by atoms with Gasteiger partial charge in [-0.3, -0.25) is 4.79 Å². The SMILES string of the molecule is COC(CNC=O)CC12CCC(C)(C)CC1C1=CCC3C(C)(CCC(C)O)C(C)CCC3(C)C1(C)CC2. The van der Waals surface area contributed by atoms with E-state index in [1.807, 2.05) is 14.0 Å². The maximum atomic E-state index is 11.1. The molecule has 4 heteroatoms. The normalized spacial score (nSPS) is 44.5. The van der Waals surface area contributed by atoms with E-state index in [0.29, 0.717) is 35.1 Å². The first-order chi connectivity index (χ1) is 17.3. The Balaban J connectivity index is 1.73. The van der Waals surface area contributed by atoms with E-state index in [-0.39, 0.29) is 28.5 Å². The third-order valence-electron chi connectivity index (χ3n) is 13.0. The van der Waals surface area contributed by atoms with Gasteiger partial charge in [0.1, 0.15) is 0 Å². The molecule has 0 aliphatic heterocycles. The van der Waals surface area contributed by atoms with Crippen LogP contribution in [-0.4, -0.2) is 37.4 Å². The Morgan fingerprint density at radius 3 is 2.49 bits per heavy atom. The number of ether oxygens (including phenoxy) is 1. The predicted molar refractivity (Wildman–Crippen MR) is 152 cm³/mol. The first kappa shape index (κ1) is 29.1. The Labute approximate surface area is 227 Å². The van der Waals surface area contributed by atoms with Crippen LogP contribution in [0.5, 0.6) is 0 Å². The number of methoxy groups -OCH3 is 1. The lowest BCUT2D eigenvalue weighted by Crippen LogP contribution is -2.61. The second-order valence-corrected chi connectivity index (χ2v) is 15.4. The average Bonchev–Trinajstić information content (AvgIpc) is 2.84. The molecule has 37 heavy (non-hydrogen) atoms. The van der Waals surface area contributed by atoms with Crippen molar-refractivity contribution < 1.29 is 14.6 Å². The number of hydrogen-bond donors (Lipinski definition) is 2. The van der Waals surface area contributed by atoms with E-state index < -0.39 is 0 Å². The summed E-state index contributed by atoms with van der Waals surface area (Å²) in [6, 6.07) is 0. The quantitative estimate of drug-likeness (QED) is 0.250. The lowest BCUT2D eigenvalue weighted by atomic mass is 9.35. The third kappa shape index (κ3) is 4.85. The summed E-state index contributed by atoms with van der Waals surface area (Å²) in [5, 5.41) is 13.1. The molecule has 4 nitrogen and oxygen atoms in total. The highest BCUT2D eigenvalue weighted by molar-refractivity contribution is 5.45. The van der Waals surface area contributed by atoms with Gasteiger partial charge in [-0.1, -0.05) is 53.2 Å². The zero-order chi connectivity index (χ0) is 27.3. The van der Waals surface area contributed by atoms with Crippen LogP contribution < -0.4 is 5.32 Å². The molecule has 0 aromatic rings. The van der Waals surface area contributed by atoms with Gasteiger partial charge in [-0.15, -0.1) is 0 Å². The van der Waals surface area contributed by atoms with Crippen molar-refractivity contribution in [3.05, 3.63) is 11.6 Å². The molecule has 212 valence electrons. The Kier molecular flexibility index (Phi) is 8.08. The lowest BCUT2D eigenvalue weighted by Gasteiger charge is -2.69. The van der Waals surface area contributed by atoms with E-state index in [0.717, 1.165) is 25.7 Å². The van der Waals surface area contributed by atoms with Gasteiger partial charge in [0.2, 0.25) is 6.41 Å². The number of hydrogen-bond acceptors (Lipinski definition) is 3. The summed E-state index contributed by atoms with van der Waals surface area (Å²) in [5.74, 6) is 1.97. The average molecular weight is 516 g/mol. The minimum absolute atomic E-state index is 0.0742. The van der Waals surface area contributed by atoms with Gasteiger partial charge in [0, 0.05) is 13.7 Å². The summed E-state index contributed by atoms with van der Waals surface area (Å²) in [7, 11) is 1.81. The van der Waals surface area contributed by atoms with Crippen LogP contribution in [-0.2, 0) is 9.53 Å². The number of nitrogens with one attached hydrogen (secondary N) is 1. The maximum Gasteiger partial charge on any atom is 0.207 e. The molecule has 4 rings (SSSR count). The van der Waals surface area contributed by atoms with Gasteiger partial charge in [-0.25, -0.2) is 0 Å². The van der Waals surface area contributed by atoms with Crippen molar-refractivity contribution in [2.75, 3.05) is 13.7 Å². The second-order valence-electron chi connectivity index (χ2n) is 15.4. The van der Waals surface area contributed by atoms with Crippen molar-refractivity contribution in [3.8, 4) is 0 Å². The summed E-state index contributed by atoms with van der Waals surface area (Å²) in [4.78, 5) is 11.1. The fourth-order valence-electron chi connectivity index (χ4n) is 10.1. The molecule has 9 atom stereocenters. The number of carbonyl (C=O) groups excluding carboxylic acids is 1. The van der Waals surface area contributed by atoms with Crippen molar-refractivity contribution in [1.29, 1.82) is 0 Å². The van der Waals surface area contributed by atoms with Crippen molar-refractivity contribution >= 4 is 6.41 Å². The fourth-order valence-corrected chi connectivity index (χ4v) is 10.1. The second kappa shape index (κ2) is 10.3. The minimum atomic E-state index is -0.218. The maximum absolute atomic E-state index is 11.1. The van der Waals surface area contributed by atoms with E-state index in [4.69, 9.17) is 4.74 Å². The Bertz CT molecular complexity index is 866. The summed E-state index contributed by atoms with van der Waals surface area (Å²) in [6.07, 6.45) is 16.6. The lowest BCUT2D eigenvalue weighted by molar-refractivity contribution is -0.151. The minimum Gasteiger partial charge on any atom is -0.393 e. The Morgan fingerprint density at radius 2 is 1.84 bits per heavy atom. The molecule has 4 aliphatic carbocycles. The summed E-state index contributed by atoms with van der Waals surface area (Å²) < 4.78 is 5.94. The zero-order valence-corrected chi connectivity index (χ0v) is 25.3. The number of aliphatic hydroxyl groups is 1. The molecule has 0 aromatic carbocycles. The number of aliphatic hydroxyl groups excluding tert-OH is 1. The van der Waals surface area contributed by atoms with Crippen LogP contribution in [0.2, 0.25) is 0 Å². The number of rotatable bonds is 9. The van der Waals surface area contributed by atoms with Gasteiger partial charge in [-0.2, -0.15) is 0 Å². The monoisotopic (exact) mass is 515 g/mol. The molecule has 0 bridgehead atoms. The van der Waals surface area contributed by atoms with Crippen molar-refractivity contribution in [2.45, 2.75) is 131 Å². The Morgan fingerprint density at radius 1 is 1.14 bits per heavy atom. The van der Waals surface area contributed by atoms with Gasteiger partial charge < -0.3 is 15.2 Å². The number of amides is 1. The van der Waals surface area contributed by atoms with Crippen LogP contribution in [0.3, 0.4) is 0 Å². The molecule has 0 spiro atoms. The van der Waals surface area contributed by atoms with E-state index in [1.165, 1.54) is 51.4 Å². The van der Waals surface area contributed by atoms with Crippen LogP contribution in [0.15, 0.2) is 11.6 Å². The van der Waals surface area contributed by atoms with Crippen molar-refractivity contribution in [1.82, 2.24) is 5.32 Å². The highest BCUT2D eigenvalue weighted by Gasteiger charge is 2.65. The molecule has 0 heterocycles. The highest BCUT2D eigenvalue weighted by Crippen LogP contribution is 2.74. The van der Waals surface area contributed by atoms with Gasteiger partial charge in [0.05, 0.1) is 12.2 Å². The van der Waals surface area contributed by atoms with Gasteiger partial charge in [0.25, 0.3) is 0 Å². The van der Waals surface area contributed by atoms with Crippen LogP contribution in [0.1, 0.15) is 119 Å². The largest absolute Gasteiger partial charge is 0.393 e. The summed E-state index contributed by atoms with van der Waals surface area (Å²) in [6.45, 7) is 17.9. The topological polar surface area (TPSA) is 58.6 Å². The number of allylic oxidation sites excluding steroid dienone is 2. The van der Waals surface area contributed by atoms with E-state index in [1.54, 1.807) is 5.57 Å². The molecule has 0 radical (unpaired) electrons. The standard InChI is InChI=1S/C33H57NO3/c1-23-11-14-32(7)28(30(23,5)13-12-24(2)36)10-9-26-27-20-29(3,4)15-17-33(27,18-16-31(26,32)6)19-25(37-8)21-34-22-35/h9,22-25,27-28,36H,10-21H2,1-8H3,(H,34,35). The first-order valence-electron chi connectivity index (χ1n) is 15.4. The molecule has 9 unspecified atom stereocenters. The van der Waals surface area contributed by atoms with Gasteiger partial charge in [-0.05, 0) is 122 Å². The van der Waals surface area contributed by atoms with E-state index >= 15 is 0 Å².